The minimum Gasteiger partial charge on any atom is -0.375 e. The van der Waals surface area contributed by atoms with E-state index in [2.05, 4.69) is 26.1 Å². The van der Waals surface area contributed by atoms with Crippen molar-refractivity contribution in [2.45, 2.75) is 65.0 Å². The van der Waals surface area contributed by atoms with E-state index in [0.717, 1.165) is 24.8 Å². The quantitative estimate of drug-likeness (QED) is 0.386. The number of nitrogens with one attached hydrogen (secondary N) is 1. The average Bonchev–Trinajstić information content (AvgIpc) is 2.92. The first-order valence-corrected chi connectivity index (χ1v) is 14.7. The van der Waals surface area contributed by atoms with Gasteiger partial charge in [0.25, 0.3) is 11.5 Å². The van der Waals surface area contributed by atoms with E-state index in [1.54, 1.807) is 11.5 Å². The number of anilines is 2. The summed E-state index contributed by atoms with van der Waals surface area (Å²) < 4.78 is 47.6. The minimum absolute atomic E-state index is 0.00373. The molecule has 1 saturated heterocycles. The summed E-state index contributed by atoms with van der Waals surface area (Å²) in [5.41, 5.74) is 1.37. The molecule has 224 valence electrons. The molecular formula is C30H33BrF3N5O3. The number of hydrogen-bond acceptors (Lipinski definition) is 6. The van der Waals surface area contributed by atoms with Crippen LogP contribution in [0.15, 0.2) is 51.7 Å². The number of carbonyl (C=O) groups excluding carboxylic acids is 1. The highest BCUT2D eigenvalue weighted by molar-refractivity contribution is 9.10. The molecule has 1 N–H and O–H groups in total. The standard InChI is InChI=1S/C30H33BrF3N5O3/c1-17(2)35-29-36-26-16-38(27(40)20-5-10-25(31)24(14-20)30(32,33)34)18(3)13-23(26)28(41)39(29)22-8-6-21(7-9-22)37-11-12-42-19(4)15-37/h5-10,14,17-19H,11-13,15-16H2,1-4H3,(H,35,36). The summed E-state index contributed by atoms with van der Waals surface area (Å²) in [5.74, 6) is -0.213. The van der Waals surface area contributed by atoms with E-state index in [-0.39, 0.29) is 40.7 Å². The Balaban J connectivity index is 1.49. The van der Waals surface area contributed by atoms with Gasteiger partial charge >= 0.3 is 6.18 Å². The van der Waals surface area contributed by atoms with Crippen LogP contribution in [-0.4, -0.2) is 58.2 Å². The first-order chi connectivity index (χ1) is 19.8. The van der Waals surface area contributed by atoms with Crippen LogP contribution in [0.25, 0.3) is 5.69 Å². The lowest BCUT2D eigenvalue weighted by Crippen LogP contribution is -2.46. The third-order valence-electron chi connectivity index (χ3n) is 7.53. The largest absolute Gasteiger partial charge is 0.417 e. The van der Waals surface area contributed by atoms with Crippen LogP contribution in [-0.2, 0) is 23.9 Å². The van der Waals surface area contributed by atoms with Gasteiger partial charge in [-0.25, -0.2) is 9.55 Å². The van der Waals surface area contributed by atoms with E-state index < -0.39 is 23.7 Å². The van der Waals surface area contributed by atoms with Gasteiger partial charge in [0.15, 0.2) is 0 Å². The Labute approximate surface area is 250 Å². The molecule has 1 amide bonds. The molecule has 3 aromatic rings. The summed E-state index contributed by atoms with van der Waals surface area (Å²) in [7, 11) is 0. The van der Waals surface area contributed by atoms with Crippen molar-refractivity contribution in [2.24, 2.45) is 0 Å². The van der Waals surface area contributed by atoms with Gasteiger partial charge in [0.1, 0.15) is 0 Å². The molecule has 0 saturated carbocycles. The van der Waals surface area contributed by atoms with Crippen LogP contribution in [0.2, 0.25) is 0 Å². The van der Waals surface area contributed by atoms with Crippen LogP contribution in [0.3, 0.4) is 0 Å². The Morgan fingerprint density at radius 1 is 1.12 bits per heavy atom. The molecule has 0 spiro atoms. The van der Waals surface area contributed by atoms with Crippen molar-refractivity contribution in [3.8, 4) is 5.69 Å². The molecule has 2 aromatic carbocycles. The highest BCUT2D eigenvalue weighted by Crippen LogP contribution is 2.36. The van der Waals surface area contributed by atoms with Gasteiger partial charge in [-0.3, -0.25) is 9.59 Å². The predicted molar refractivity (Wildman–Crippen MR) is 158 cm³/mol. The predicted octanol–water partition coefficient (Wildman–Crippen LogP) is 5.65. The van der Waals surface area contributed by atoms with Gasteiger partial charge in [0.2, 0.25) is 5.95 Å². The molecule has 2 unspecified atom stereocenters. The number of hydrogen-bond donors (Lipinski definition) is 1. The van der Waals surface area contributed by atoms with E-state index in [0.29, 0.717) is 29.5 Å². The molecule has 3 heterocycles. The third-order valence-corrected chi connectivity index (χ3v) is 8.22. The number of aromatic nitrogens is 2. The van der Waals surface area contributed by atoms with E-state index in [1.807, 2.05) is 45.0 Å². The van der Waals surface area contributed by atoms with Gasteiger partial charge in [-0.1, -0.05) is 15.9 Å². The second-order valence-electron chi connectivity index (χ2n) is 11.1. The highest BCUT2D eigenvalue weighted by Gasteiger charge is 2.36. The van der Waals surface area contributed by atoms with Gasteiger partial charge in [0.05, 0.1) is 36.2 Å². The number of rotatable bonds is 5. The molecule has 1 aromatic heterocycles. The molecule has 5 rings (SSSR count). The van der Waals surface area contributed by atoms with Crippen LogP contribution in [0, 0.1) is 0 Å². The van der Waals surface area contributed by atoms with E-state index >= 15 is 0 Å². The van der Waals surface area contributed by atoms with Crippen molar-refractivity contribution in [3.63, 3.8) is 0 Å². The van der Waals surface area contributed by atoms with Gasteiger partial charge in [-0.05, 0) is 76.6 Å². The molecule has 42 heavy (non-hydrogen) atoms. The fourth-order valence-electron chi connectivity index (χ4n) is 5.43. The summed E-state index contributed by atoms with van der Waals surface area (Å²) in [6.07, 6.45) is -4.25. The van der Waals surface area contributed by atoms with Crippen molar-refractivity contribution in [1.29, 1.82) is 0 Å². The van der Waals surface area contributed by atoms with Crippen LogP contribution in [0.4, 0.5) is 24.8 Å². The zero-order chi connectivity index (χ0) is 30.3. The number of morpholine rings is 1. The Kier molecular flexibility index (Phi) is 8.39. The molecule has 0 bridgehead atoms. The molecular weight excluding hydrogens is 615 g/mol. The fraction of sp³-hybridized carbons (Fsp3) is 0.433. The van der Waals surface area contributed by atoms with Crippen LogP contribution >= 0.6 is 15.9 Å². The minimum atomic E-state index is -4.61. The molecule has 8 nitrogen and oxygen atoms in total. The first-order valence-electron chi connectivity index (χ1n) is 13.9. The summed E-state index contributed by atoms with van der Waals surface area (Å²) in [6, 6.07) is 10.7. The zero-order valence-electron chi connectivity index (χ0n) is 23.8. The van der Waals surface area contributed by atoms with Crippen molar-refractivity contribution in [3.05, 3.63) is 79.7 Å². The number of benzene rings is 2. The molecule has 0 radical (unpaired) electrons. The van der Waals surface area contributed by atoms with Gasteiger partial charge in [-0.15, -0.1) is 0 Å². The first kappa shape index (κ1) is 30.1. The Bertz CT molecular complexity index is 1540. The van der Waals surface area contributed by atoms with Crippen molar-refractivity contribution < 1.29 is 22.7 Å². The number of halogens is 4. The maximum atomic E-state index is 14.0. The molecule has 2 atom stereocenters. The second kappa shape index (κ2) is 11.7. The van der Waals surface area contributed by atoms with Crippen molar-refractivity contribution in [1.82, 2.24) is 14.5 Å². The third kappa shape index (κ3) is 6.05. The topological polar surface area (TPSA) is 79.7 Å². The van der Waals surface area contributed by atoms with E-state index in [1.165, 1.54) is 17.0 Å². The molecule has 2 aliphatic heterocycles. The van der Waals surface area contributed by atoms with Gasteiger partial charge < -0.3 is 19.9 Å². The normalized spacial score (nSPS) is 19.2. The monoisotopic (exact) mass is 647 g/mol. The Morgan fingerprint density at radius 2 is 1.81 bits per heavy atom. The average molecular weight is 649 g/mol. The smallest absolute Gasteiger partial charge is 0.375 e. The molecule has 12 heteroatoms. The van der Waals surface area contributed by atoms with Gasteiger partial charge in [-0.2, -0.15) is 13.2 Å². The van der Waals surface area contributed by atoms with E-state index in [9.17, 15) is 22.8 Å². The number of amides is 1. The van der Waals surface area contributed by atoms with Crippen LogP contribution in [0.1, 0.15) is 54.9 Å². The lowest BCUT2D eigenvalue weighted by Gasteiger charge is -2.35. The summed E-state index contributed by atoms with van der Waals surface area (Å²) in [4.78, 5) is 35.9. The number of carbonyl (C=O) groups is 1. The highest BCUT2D eigenvalue weighted by atomic mass is 79.9. The number of alkyl halides is 3. The van der Waals surface area contributed by atoms with E-state index in [4.69, 9.17) is 9.72 Å². The molecule has 2 aliphatic rings. The molecule has 0 aliphatic carbocycles. The van der Waals surface area contributed by atoms with Crippen LogP contribution < -0.4 is 15.8 Å². The zero-order valence-corrected chi connectivity index (χ0v) is 25.4. The lowest BCUT2D eigenvalue weighted by molar-refractivity contribution is -0.138. The van der Waals surface area contributed by atoms with Gasteiger partial charge in [0, 0.05) is 46.5 Å². The SMILES string of the molecule is CC(C)Nc1nc2c(c(=O)n1-c1ccc(N3CCOC(C)C3)cc1)CC(C)N(C(=O)c1ccc(Br)c(C(F)(F)F)c1)C2. The summed E-state index contributed by atoms with van der Waals surface area (Å²) >= 11 is 2.93. The summed E-state index contributed by atoms with van der Waals surface area (Å²) in [5, 5.41) is 3.26. The number of nitrogens with zero attached hydrogens (tertiary/aromatic N) is 4. The molecule has 1 fully saturated rings. The maximum absolute atomic E-state index is 14.0. The maximum Gasteiger partial charge on any atom is 0.417 e. The second-order valence-corrected chi connectivity index (χ2v) is 12.0. The number of fused-ring (bicyclic) bond motifs is 1. The number of ether oxygens (including phenoxy) is 1. The van der Waals surface area contributed by atoms with Crippen molar-refractivity contribution >= 4 is 33.5 Å². The van der Waals surface area contributed by atoms with Crippen molar-refractivity contribution in [2.75, 3.05) is 29.9 Å². The fourth-order valence-corrected chi connectivity index (χ4v) is 5.90. The Hall–Kier alpha value is -3.38. The lowest BCUT2D eigenvalue weighted by atomic mass is 9.98. The van der Waals surface area contributed by atoms with Crippen LogP contribution in [0.5, 0.6) is 0 Å². The summed E-state index contributed by atoms with van der Waals surface area (Å²) in [6.45, 7) is 9.92. The Morgan fingerprint density at radius 3 is 2.45 bits per heavy atom.